The van der Waals surface area contributed by atoms with Crippen molar-refractivity contribution in [1.82, 2.24) is 10.9 Å². The molecule has 0 bridgehead atoms. The van der Waals surface area contributed by atoms with Crippen molar-refractivity contribution < 1.29 is 32.7 Å². The Balaban J connectivity index is 2.25. The Morgan fingerprint density at radius 1 is 1.00 bits per heavy atom. The molecule has 0 aromatic carbocycles. The maximum Gasteiger partial charge on any atom is 0.389 e. The van der Waals surface area contributed by atoms with Crippen LogP contribution < -0.4 is 10.9 Å². The Hall–Kier alpha value is -1.80. The number of carboxylic acids is 1. The number of carboxylic acid groups (broad SMARTS) is 1. The number of hydrogen-bond acceptors (Lipinski definition) is 3. The maximum absolute atomic E-state index is 11.9. The van der Waals surface area contributed by atoms with Crippen LogP contribution in [0.3, 0.4) is 0 Å². The average molecular weight is 310 g/mol. The van der Waals surface area contributed by atoms with Gasteiger partial charge in [0.25, 0.3) is 0 Å². The number of amides is 2. The molecule has 9 heteroatoms. The summed E-state index contributed by atoms with van der Waals surface area (Å²) in [7, 11) is 0. The molecule has 6 nitrogen and oxygen atoms in total. The van der Waals surface area contributed by atoms with Crippen molar-refractivity contribution in [2.75, 3.05) is 0 Å². The fourth-order valence-electron chi connectivity index (χ4n) is 2.15. The highest BCUT2D eigenvalue weighted by atomic mass is 19.4. The molecule has 1 aliphatic carbocycles. The highest BCUT2D eigenvalue weighted by Crippen LogP contribution is 2.28. The molecule has 1 aliphatic rings. The number of carbonyl (C=O) groups excluding carboxylic acids is 2. The van der Waals surface area contributed by atoms with Gasteiger partial charge < -0.3 is 5.11 Å². The molecule has 1 saturated carbocycles. The van der Waals surface area contributed by atoms with Crippen molar-refractivity contribution in [3.8, 4) is 0 Å². The number of hydrogen-bond donors (Lipinski definition) is 3. The summed E-state index contributed by atoms with van der Waals surface area (Å²) in [6.07, 6.45) is -4.93. The monoisotopic (exact) mass is 310 g/mol. The molecule has 0 unspecified atom stereocenters. The van der Waals surface area contributed by atoms with Crippen LogP contribution in [0.1, 0.15) is 38.5 Å². The summed E-state index contributed by atoms with van der Waals surface area (Å²) in [5.74, 6) is -3.20. The molecular weight excluding hydrogens is 293 g/mol. The summed E-state index contributed by atoms with van der Waals surface area (Å²) in [6, 6.07) is 0. The molecular formula is C12H17F3N2O4. The highest BCUT2D eigenvalue weighted by Gasteiger charge is 2.30. The number of nitrogens with one attached hydrogen (secondary N) is 2. The predicted molar refractivity (Wildman–Crippen MR) is 64.7 cm³/mol. The van der Waals surface area contributed by atoms with E-state index in [1.165, 1.54) is 0 Å². The van der Waals surface area contributed by atoms with E-state index in [-0.39, 0.29) is 0 Å². The molecule has 0 atom stereocenters. The highest BCUT2D eigenvalue weighted by molar-refractivity contribution is 5.83. The van der Waals surface area contributed by atoms with Gasteiger partial charge in [0.15, 0.2) is 0 Å². The van der Waals surface area contributed by atoms with Crippen LogP contribution in [-0.4, -0.2) is 29.1 Å². The van der Waals surface area contributed by atoms with E-state index in [1.54, 1.807) is 0 Å². The molecule has 21 heavy (non-hydrogen) atoms. The summed E-state index contributed by atoms with van der Waals surface area (Å²) in [5.41, 5.74) is 4.01. The predicted octanol–water partition coefficient (Wildman–Crippen LogP) is 1.37. The quantitative estimate of drug-likeness (QED) is 0.683. The molecule has 0 saturated heterocycles. The van der Waals surface area contributed by atoms with Gasteiger partial charge in [0, 0.05) is 12.3 Å². The molecule has 0 radical (unpaired) electrons. The van der Waals surface area contributed by atoms with Crippen LogP contribution in [-0.2, 0) is 14.4 Å². The SMILES string of the molecule is O=C(CCC(F)(F)F)NNC(=O)C1CCC(C(=O)O)CC1. The maximum atomic E-state index is 11.9. The minimum atomic E-state index is -4.42. The van der Waals surface area contributed by atoms with Crippen molar-refractivity contribution in [3.05, 3.63) is 0 Å². The first-order valence-electron chi connectivity index (χ1n) is 6.57. The third-order valence-corrected chi connectivity index (χ3v) is 3.41. The first kappa shape index (κ1) is 17.3. The van der Waals surface area contributed by atoms with Crippen LogP contribution >= 0.6 is 0 Å². The van der Waals surface area contributed by atoms with E-state index in [0.717, 1.165) is 0 Å². The van der Waals surface area contributed by atoms with Crippen molar-refractivity contribution in [1.29, 1.82) is 0 Å². The van der Waals surface area contributed by atoms with Gasteiger partial charge in [-0.3, -0.25) is 25.2 Å². The molecule has 0 heterocycles. The third-order valence-electron chi connectivity index (χ3n) is 3.41. The van der Waals surface area contributed by atoms with Crippen molar-refractivity contribution in [2.24, 2.45) is 11.8 Å². The standard InChI is InChI=1S/C12H17F3N2O4/c13-12(14,15)6-5-9(18)16-17-10(19)7-1-3-8(4-2-7)11(20)21/h7-8H,1-6H2,(H,16,18)(H,17,19)(H,20,21). The largest absolute Gasteiger partial charge is 0.481 e. The molecule has 0 aliphatic heterocycles. The second-order valence-corrected chi connectivity index (χ2v) is 5.04. The molecule has 0 spiro atoms. The fourth-order valence-corrected chi connectivity index (χ4v) is 2.15. The Morgan fingerprint density at radius 3 is 2.00 bits per heavy atom. The number of aliphatic carboxylic acids is 1. The van der Waals surface area contributed by atoms with E-state index in [2.05, 4.69) is 5.43 Å². The molecule has 2 amide bonds. The molecule has 0 aromatic heterocycles. The Bertz CT molecular complexity index is 404. The summed E-state index contributed by atoms with van der Waals surface area (Å²) in [5, 5.41) is 8.81. The lowest BCUT2D eigenvalue weighted by atomic mass is 9.82. The lowest BCUT2D eigenvalue weighted by Gasteiger charge is -2.25. The second-order valence-electron chi connectivity index (χ2n) is 5.04. The van der Waals surface area contributed by atoms with Gasteiger partial charge in [0.1, 0.15) is 0 Å². The fraction of sp³-hybridized carbons (Fsp3) is 0.750. The molecule has 1 rings (SSSR count). The summed E-state index contributed by atoms with van der Waals surface area (Å²) < 4.78 is 35.7. The minimum absolute atomic E-state index is 0.370. The number of hydrazine groups is 1. The first-order valence-corrected chi connectivity index (χ1v) is 6.57. The van der Waals surface area contributed by atoms with E-state index < -0.39 is 48.6 Å². The van der Waals surface area contributed by atoms with E-state index >= 15 is 0 Å². The van der Waals surface area contributed by atoms with Crippen LogP contribution in [0.4, 0.5) is 13.2 Å². The zero-order valence-electron chi connectivity index (χ0n) is 11.2. The van der Waals surface area contributed by atoms with Crippen molar-refractivity contribution in [2.45, 2.75) is 44.7 Å². The van der Waals surface area contributed by atoms with Gasteiger partial charge in [-0.25, -0.2) is 0 Å². The van der Waals surface area contributed by atoms with E-state index in [4.69, 9.17) is 5.11 Å². The third kappa shape index (κ3) is 6.46. The Kier molecular flexibility index (Phi) is 5.98. The van der Waals surface area contributed by atoms with Crippen molar-refractivity contribution >= 4 is 17.8 Å². The van der Waals surface area contributed by atoms with Gasteiger partial charge in [-0.1, -0.05) is 0 Å². The number of alkyl halides is 3. The number of halogens is 3. The van der Waals surface area contributed by atoms with Gasteiger partial charge in [-0.05, 0) is 25.7 Å². The van der Waals surface area contributed by atoms with Gasteiger partial charge in [0.05, 0.1) is 12.3 Å². The lowest BCUT2D eigenvalue weighted by molar-refractivity contribution is -0.146. The van der Waals surface area contributed by atoms with Gasteiger partial charge in [-0.15, -0.1) is 0 Å². The zero-order valence-corrected chi connectivity index (χ0v) is 11.2. The Labute approximate surface area is 119 Å². The topological polar surface area (TPSA) is 95.5 Å². The van der Waals surface area contributed by atoms with Crippen LogP contribution in [0, 0.1) is 11.8 Å². The molecule has 1 fully saturated rings. The summed E-state index contributed by atoms with van der Waals surface area (Å²) in [4.78, 5) is 33.5. The van der Waals surface area contributed by atoms with Crippen molar-refractivity contribution in [3.63, 3.8) is 0 Å². The van der Waals surface area contributed by atoms with Gasteiger partial charge in [-0.2, -0.15) is 13.2 Å². The molecule has 0 aromatic rings. The zero-order chi connectivity index (χ0) is 16.0. The van der Waals surface area contributed by atoms with Crippen LogP contribution in [0.2, 0.25) is 0 Å². The number of rotatable bonds is 4. The molecule has 120 valence electrons. The average Bonchev–Trinajstić information content (AvgIpc) is 2.41. The second kappa shape index (κ2) is 7.28. The van der Waals surface area contributed by atoms with Crippen LogP contribution in [0.15, 0.2) is 0 Å². The smallest absolute Gasteiger partial charge is 0.389 e. The normalized spacial score (nSPS) is 22.4. The lowest BCUT2D eigenvalue weighted by Crippen LogP contribution is -2.45. The van der Waals surface area contributed by atoms with E-state index in [1.807, 2.05) is 5.43 Å². The summed E-state index contributed by atoms with van der Waals surface area (Å²) >= 11 is 0. The van der Waals surface area contributed by atoms with E-state index in [0.29, 0.717) is 25.7 Å². The van der Waals surface area contributed by atoms with Gasteiger partial charge >= 0.3 is 12.1 Å². The molecule has 3 N–H and O–H groups in total. The number of carbonyl (C=O) groups is 3. The first-order chi connectivity index (χ1) is 9.69. The van der Waals surface area contributed by atoms with E-state index in [9.17, 15) is 27.6 Å². The van der Waals surface area contributed by atoms with Crippen LogP contribution in [0.25, 0.3) is 0 Å². The van der Waals surface area contributed by atoms with Crippen LogP contribution in [0.5, 0.6) is 0 Å². The summed E-state index contributed by atoms with van der Waals surface area (Å²) in [6.45, 7) is 0. The Morgan fingerprint density at radius 2 is 1.52 bits per heavy atom. The minimum Gasteiger partial charge on any atom is -0.481 e. The van der Waals surface area contributed by atoms with Gasteiger partial charge in [0.2, 0.25) is 11.8 Å².